The molecule has 530 valence electrons. The molecule has 0 saturated carbocycles. The molecule has 0 unspecified atom stereocenters. The van der Waals surface area contributed by atoms with Gasteiger partial charge < -0.3 is 18.9 Å². The van der Waals surface area contributed by atoms with Gasteiger partial charge in [-0.25, -0.2) is 0 Å². The van der Waals surface area contributed by atoms with Crippen LogP contribution in [0, 0.1) is 5.92 Å². The summed E-state index contributed by atoms with van der Waals surface area (Å²) < 4.78 is 25.7. The fourth-order valence-corrected chi connectivity index (χ4v) is 19.4. The van der Waals surface area contributed by atoms with Crippen LogP contribution in [0.4, 0.5) is 0 Å². The van der Waals surface area contributed by atoms with Gasteiger partial charge in [-0.15, -0.1) is 0 Å². The maximum absolute atomic E-state index is 6.67. The second-order valence-electron chi connectivity index (χ2n) is 30.7. The highest BCUT2D eigenvalue weighted by Crippen LogP contribution is 2.57. The highest BCUT2D eigenvalue weighted by atomic mass is 16.5. The molecule has 0 radical (unpaired) electrons. The molecular weight excluding hydrogens is 1350 g/mol. The van der Waals surface area contributed by atoms with E-state index in [4.69, 9.17) is 18.9 Å². The number of benzene rings is 20. The van der Waals surface area contributed by atoms with Crippen molar-refractivity contribution in [1.82, 2.24) is 0 Å². The Morgan fingerprint density at radius 2 is 0.486 bits per heavy atom. The first-order valence-electron chi connectivity index (χ1n) is 39.3. The Kier molecular flexibility index (Phi) is 15.9. The van der Waals surface area contributed by atoms with Crippen LogP contribution in [0.1, 0.15) is 114 Å². The third-order valence-electron chi connectivity index (χ3n) is 24.2. The van der Waals surface area contributed by atoms with Crippen LogP contribution >= 0.6 is 0 Å². The van der Waals surface area contributed by atoms with Crippen molar-refractivity contribution in [1.29, 1.82) is 0 Å². The summed E-state index contributed by atoms with van der Waals surface area (Å²) in [5.74, 6) is 9.43. The third-order valence-corrected chi connectivity index (χ3v) is 24.2. The van der Waals surface area contributed by atoms with Crippen LogP contribution in [-0.2, 0) is 0 Å². The molecule has 0 N–H and O–H groups in total. The first-order chi connectivity index (χ1) is 54.8. The molecule has 4 aliphatic rings. The Balaban J connectivity index is 0.0000000959. The van der Waals surface area contributed by atoms with E-state index in [2.05, 4.69) is 373 Å². The molecule has 20 aromatic rings. The molecule has 0 fully saturated rings. The van der Waals surface area contributed by atoms with Crippen LogP contribution in [0.3, 0.4) is 0 Å². The molecule has 0 aromatic heterocycles. The van der Waals surface area contributed by atoms with Crippen LogP contribution in [0.15, 0.2) is 346 Å². The third kappa shape index (κ3) is 10.9. The summed E-state index contributed by atoms with van der Waals surface area (Å²) in [5, 5.41) is 28.4. The van der Waals surface area contributed by atoms with Crippen molar-refractivity contribution in [3.8, 4) is 46.0 Å². The quantitative estimate of drug-likeness (QED) is 0.165. The van der Waals surface area contributed by atoms with Crippen molar-refractivity contribution in [3.63, 3.8) is 0 Å². The Hall–Kier alpha value is -13.3. The Labute approximate surface area is 645 Å². The summed E-state index contributed by atoms with van der Waals surface area (Å²) in [6.45, 7) is 9.18. The van der Waals surface area contributed by atoms with Gasteiger partial charge in [0.25, 0.3) is 0 Å². The van der Waals surface area contributed by atoms with Gasteiger partial charge in [-0.05, 0) is 185 Å². The van der Waals surface area contributed by atoms with Crippen molar-refractivity contribution in [2.24, 2.45) is 5.92 Å². The lowest BCUT2D eigenvalue weighted by molar-refractivity contribution is 0.424. The van der Waals surface area contributed by atoms with E-state index in [0.717, 1.165) is 58.8 Å². The molecule has 0 atom stereocenters. The van der Waals surface area contributed by atoms with E-state index in [0.29, 0.717) is 23.7 Å². The lowest BCUT2D eigenvalue weighted by Crippen LogP contribution is -2.16. The molecule has 4 aliphatic heterocycles. The lowest BCUT2D eigenvalue weighted by Gasteiger charge is -2.33. The minimum Gasteiger partial charge on any atom is -0.457 e. The van der Waals surface area contributed by atoms with E-state index >= 15 is 0 Å². The normalized spacial score (nSPS) is 13.5. The van der Waals surface area contributed by atoms with Crippen LogP contribution in [0.5, 0.6) is 46.0 Å². The first kappa shape index (κ1) is 66.0. The fourth-order valence-electron chi connectivity index (χ4n) is 19.4. The summed E-state index contributed by atoms with van der Waals surface area (Å²) in [4.78, 5) is 0. The van der Waals surface area contributed by atoms with Gasteiger partial charge >= 0.3 is 0 Å². The summed E-state index contributed by atoms with van der Waals surface area (Å²) in [6, 6.07) is 124. The molecule has 111 heavy (non-hydrogen) atoms. The SMILES string of the molecule is CC(C)C1c2c(ccc3ccccc23)Oc2ccc3ccccc3c21.CC1c2c(ccc3ccccc23)Oc2ccc3ccccc3c21.CCCC1c2c(ccc3ccccc23)Oc2ccc3ccccc3c21.c1ccc2c3c(ccc2c1)Oc1ccc2ccccc2c1C3c1ccc2ccc3cccc4ccc1c2c34. The average Bonchev–Trinajstić information content (AvgIpc) is 0.718. The van der Waals surface area contributed by atoms with Gasteiger partial charge in [-0.1, -0.05) is 331 Å². The van der Waals surface area contributed by atoms with E-state index in [1.807, 2.05) is 0 Å². The summed E-state index contributed by atoms with van der Waals surface area (Å²) in [7, 11) is 0. The smallest absolute Gasteiger partial charge is 0.132 e. The minimum atomic E-state index is 0.0375. The zero-order valence-electron chi connectivity index (χ0n) is 62.3. The predicted octanol–water partition coefficient (Wildman–Crippen LogP) is 30.3. The van der Waals surface area contributed by atoms with Crippen molar-refractivity contribution in [2.75, 3.05) is 0 Å². The standard InChI is InChI=1S/C37H22O.2C24H20O.C22H16O/c1-3-10-27-22(6-1)16-20-31-35(27)37(36-28-11-4-2-7-23(28)17-21-32(36)38-31)30-19-15-26-13-12-24-8-5-9-25-14-18-29(30)34(26)33(24)25;1-15(2)22-23-18-9-5-3-7-16(18)11-13-20(23)25-21-14-12-17-8-4-6-10-19(17)24(21)22;1-2-7-20-23-18-10-5-3-8-16(18)12-14-21(23)25-22-15-13-17-9-4-6-11-19(17)24(20)22;1-14-21-17-8-4-2-6-15(17)10-12-19(21)23-20-13-11-16-7-3-5-9-18(16)22(14)20/h1-21,37H;3-15,22H,1-2H3;3-6,8-15,20H,2,7H2,1H3;2-14H,1H3. The summed E-state index contributed by atoms with van der Waals surface area (Å²) in [6.07, 6.45) is 2.28. The minimum absolute atomic E-state index is 0.0375. The molecule has 0 aliphatic carbocycles. The Bertz CT molecular complexity index is 6790. The second kappa shape index (κ2) is 26.8. The topological polar surface area (TPSA) is 36.9 Å². The molecule has 20 aromatic carbocycles. The van der Waals surface area contributed by atoms with Crippen molar-refractivity contribution < 1.29 is 18.9 Å². The lowest BCUT2D eigenvalue weighted by atomic mass is 9.76. The van der Waals surface area contributed by atoms with Crippen molar-refractivity contribution in [3.05, 3.63) is 396 Å². The van der Waals surface area contributed by atoms with Crippen LogP contribution in [0.25, 0.3) is 118 Å². The molecule has 24 rings (SSSR count). The van der Waals surface area contributed by atoms with Gasteiger partial charge in [0.05, 0.1) is 0 Å². The van der Waals surface area contributed by atoms with Gasteiger partial charge in [-0.3, -0.25) is 0 Å². The highest BCUT2D eigenvalue weighted by molar-refractivity contribution is 6.24. The van der Waals surface area contributed by atoms with Crippen LogP contribution in [0.2, 0.25) is 0 Å². The van der Waals surface area contributed by atoms with E-state index in [-0.39, 0.29) is 5.92 Å². The van der Waals surface area contributed by atoms with Gasteiger partial charge in [0.1, 0.15) is 46.0 Å². The highest BCUT2D eigenvalue weighted by Gasteiger charge is 2.37. The maximum Gasteiger partial charge on any atom is 0.132 e. The molecule has 0 spiro atoms. The number of ether oxygens (including phenoxy) is 4. The largest absolute Gasteiger partial charge is 0.457 e. The zero-order chi connectivity index (χ0) is 74.0. The Morgan fingerprint density at radius 1 is 0.234 bits per heavy atom. The van der Waals surface area contributed by atoms with Crippen LogP contribution < -0.4 is 18.9 Å². The molecule has 0 bridgehead atoms. The number of fused-ring (bicyclic) bond motifs is 24. The van der Waals surface area contributed by atoms with Crippen molar-refractivity contribution >= 4 is 118 Å². The summed E-state index contributed by atoms with van der Waals surface area (Å²) in [5.41, 5.74) is 11.8. The van der Waals surface area contributed by atoms with Gasteiger partial charge in [0, 0.05) is 68.2 Å². The Morgan fingerprint density at radius 3 is 0.829 bits per heavy atom. The maximum atomic E-state index is 6.67. The van der Waals surface area contributed by atoms with Gasteiger partial charge in [0.2, 0.25) is 0 Å². The number of hydrogen-bond donors (Lipinski definition) is 0. The van der Waals surface area contributed by atoms with Crippen LogP contribution in [-0.4, -0.2) is 0 Å². The first-order valence-corrected chi connectivity index (χ1v) is 39.3. The van der Waals surface area contributed by atoms with E-state index in [1.54, 1.807) is 0 Å². The monoisotopic (exact) mass is 1430 g/mol. The molecule has 4 heterocycles. The van der Waals surface area contributed by atoms with Crippen molar-refractivity contribution in [2.45, 2.75) is 64.2 Å². The summed E-state index contributed by atoms with van der Waals surface area (Å²) >= 11 is 0. The zero-order valence-corrected chi connectivity index (χ0v) is 62.3. The van der Waals surface area contributed by atoms with E-state index in [9.17, 15) is 0 Å². The van der Waals surface area contributed by atoms with Gasteiger partial charge in [0.15, 0.2) is 0 Å². The average molecular weight is 1430 g/mol. The molecule has 0 amide bonds. The molecular formula is C107H78O4. The second-order valence-corrected chi connectivity index (χ2v) is 30.7. The predicted molar refractivity (Wildman–Crippen MR) is 464 cm³/mol. The molecule has 4 nitrogen and oxygen atoms in total. The number of hydrogen-bond acceptors (Lipinski definition) is 4. The fraction of sp³-hybridized carbons (Fsp3) is 0.103. The molecule has 0 saturated heterocycles. The molecule has 4 heteroatoms. The van der Waals surface area contributed by atoms with Gasteiger partial charge in [-0.2, -0.15) is 0 Å². The van der Waals surface area contributed by atoms with E-state index < -0.39 is 0 Å². The van der Waals surface area contributed by atoms with E-state index in [1.165, 1.54) is 169 Å². The number of rotatable bonds is 4.